The molecule has 138 valence electrons. The van der Waals surface area contributed by atoms with Crippen LogP contribution in [0.2, 0.25) is 0 Å². The Morgan fingerprint density at radius 2 is 1.69 bits per heavy atom. The molecule has 0 bridgehead atoms. The van der Waals surface area contributed by atoms with E-state index >= 15 is 0 Å². The highest BCUT2D eigenvalue weighted by Crippen LogP contribution is 2.36. The third-order valence-corrected chi connectivity index (χ3v) is 6.44. The monoisotopic (exact) mass is 352 g/mol. The Bertz CT molecular complexity index is 797. The van der Waals surface area contributed by atoms with Crippen LogP contribution < -0.4 is 5.46 Å². The molecule has 2 aliphatic rings. The zero-order valence-electron chi connectivity index (χ0n) is 16.6. The molecule has 2 fully saturated rings. The van der Waals surface area contributed by atoms with Crippen LogP contribution in [0.25, 0.3) is 10.9 Å². The molecule has 0 saturated carbocycles. The Balaban J connectivity index is 1.58. The van der Waals surface area contributed by atoms with E-state index in [4.69, 9.17) is 14.3 Å². The Morgan fingerprint density at radius 3 is 2.35 bits per heavy atom. The van der Waals surface area contributed by atoms with Crippen molar-refractivity contribution in [2.75, 3.05) is 20.1 Å². The highest BCUT2D eigenvalue weighted by molar-refractivity contribution is 6.62. The second-order valence-electron chi connectivity index (χ2n) is 8.89. The molecule has 5 heteroatoms. The number of fused-ring (bicyclic) bond motifs is 1. The first-order chi connectivity index (χ1) is 12.2. The van der Waals surface area contributed by atoms with Crippen LogP contribution in [0, 0.1) is 0 Å². The zero-order chi connectivity index (χ0) is 18.5. The number of hydrogen-bond acceptors (Lipinski definition) is 4. The van der Waals surface area contributed by atoms with Gasteiger partial charge >= 0.3 is 7.12 Å². The van der Waals surface area contributed by atoms with Gasteiger partial charge in [0.25, 0.3) is 0 Å². The fourth-order valence-corrected chi connectivity index (χ4v) is 3.85. The molecule has 0 radical (unpaired) electrons. The lowest BCUT2D eigenvalue weighted by Crippen LogP contribution is -2.41. The Hall–Kier alpha value is -1.43. The molecule has 2 aliphatic heterocycles. The number of hydrogen-bond donors (Lipinski definition) is 0. The van der Waals surface area contributed by atoms with Gasteiger partial charge in [-0.25, -0.2) is 0 Å². The average molecular weight is 352 g/mol. The SMILES string of the molecule is CN1CCC(c2cnc3cc(B4OC(C)(C)C(C)(C)O4)ccc3c2)CC1. The van der Waals surface area contributed by atoms with Gasteiger partial charge in [-0.15, -0.1) is 0 Å². The van der Waals surface area contributed by atoms with Crippen LogP contribution in [0.15, 0.2) is 30.5 Å². The van der Waals surface area contributed by atoms with Crippen molar-refractivity contribution in [3.63, 3.8) is 0 Å². The largest absolute Gasteiger partial charge is 0.494 e. The third kappa shape index (κ3) is 3.17. The van der Waals surface area contributed by atoms with Gasteiger partial charge in [0, 0.05) is 11.6 Å². The second kappa shape index (κ2) is 6.33. The van der Waals surface area contributed by atoms with Crippen molar-refractivity contribution < 1.29 is 9.31 Å². The minimum atomic E-state index is -0.334. The summed E-state index contributed by atoms with van der Waals surface area (Å²) in [5, 5.41) is 1.20. The van der Waals surface area contributed by atoms with E-state index in [0.29, 0.717) is 5.92 Å². The summed E-state index contributed by atoms with van der Waals surface area (Å²) in [6.07, 6.45) is 4.50. The Kier molecular flexibility index (Phi) is 4.37. The van der Waals surface area contributed by atoms with E-state index in [-0.39, 0.29) is 18.3 Å². The van der Waals surface area contributed by atoms with Gasteiger partial charge in [0.05, 0.1) is 16.7 Å². The first-order valence-electron chi connectivity index (χ1n) is 9.69. The molecule has 3 heterocycles. The van der Waals surface area contributed by atoms with Crippen molar-refractivity contribution in [1.82, 2.24) is 9.88 Å². The number of rotatable bonds is 2. The highest BCUT2D eigenvalue weighted by Gasteiger charge is 2.51. The standard InChI is InChI=1S/C21H29BN2O2/c1-20(2)21(3,4)26-22(25-20)18-7-6-16-12-17(14-23-19(16)13-18)15-8-10-24(5)11-9-15/h6-7,12-15H,8-11H2,1-5H3. The Morgan fingerprint density at radius 1 is 1.04 bits per heavy atom. The quantitative estimate of drug-likeness (QED) is 0.777. The van der Waals surface area contributed by atoms with Gasteiger partial charge in [-0.05, 0) is 89.8 Å². The summed E-state index contributed by atoms with van der Waals surface area (Å²) < 4.78 is 12.3. The topological polar surface area (TPSA) is 34.6 Å². The van der Waals surface area contributed by atoms with Crippen LogP contribution in [-0.2, 0) is 9.31 Å². The normalized spacial score (nSPS) is 23.7. The van der Waals surface area contributed by atoms with Crippen LogP contribution in [0.5, 0.6) is 0 Å². The fourth-order valence-electron chi connectivity index (χ4n) is 3.85. The van der Waals surface area contributed by atoms with Gasteiger partial charge in [0.15, 0.2) is 0 Å². The molecule has 26 heavy (non-hydrogen) atoms. The van der Waals surface area contributed by atoms with Crippen LogP contribution >= 0.6 is 0 Å². The summed E-state index contributed by atoms with van der Waals surface area (Å²) in [7, 11) is 1.87. The molecule has 0 N–H and O–H groups in total. The number of nitrogens with zero attached hydrogens (tertiary/aromatic N) is 2. The van der Waals surface area contributed by atoms with Gasteiger partial charge < -0.3 is 14.2 Å². The number of likely N-dealkylation sites (tertiary alicyclic amines) is 1. The molecular weight excluding hydrogens is 323 g/mol. The van der Waals surface area contributed by atoms with E-state index in [2.05, 4.69) is 70.1 Å². The molecule has 4 rings (SSSR count). The van der Waals surface area contributed by atoms with E-state index < -0.39 is 0 Å². The minimum Gasteiger partial charge on any atom is -0.399 e. The maximum atomic E-state index is 6.17. The lowest BCUT2D eigenvalue weighted by molar-refractivity contribution is 0.00578. The maximum absolute atomic E-state index is 6.17. The molecule has 4 nitrogen and oxygen atoms in total. The molecule has 1 aromatic carbocycles. The van der Waals surface area contributed by atoms with Crippen molar-refractivity contribution in [3.8, 4) is 0 Å². The second-order valence-corrected chi connectivity index (χ2v) is 8.89. The Labute approximate surface area is 157 Å². The van der Waals surface area contributed by atoms with Crippen LogP contribution in [0.4, 0.5) is 0 Å². The van der Waals surface area contributed by atoms with E-state index in [0.717, 1.165) is 11.0 Å². The molecule has 0 spiro atoms. The van der Waals surface area contributed by atoms with Gasteiger partial charge in [-0.3, -0.25) is 4.98 Å². The van der Waals surface area contributed by atoms with E-state index in [9.17, 15) is 0 Å². The summed E-state index contributed by atoms with van der Waals surface area (Å²) in [4.78, 5) is 7.16. The molecule has 0 atom stereocenters. The van der Waals surface area contributed by atoms with E-state index in [1.54, 1.807) is 0 Å². The average Bonchev–Trinajstić information content (AvgIpc) is 2.82. The van der Waals surface area contributed by atoms with Crippen molar-refractivity contribution in [1.29, 1.82) is 0 Å². The number of aromatic nitrogens is 1. The van der Waals surface area contributed by atoms with Crippen LogP contribution in [0.1, 0.15) is 52.0 Å². The fraction of sp³-hybridized carbons (Fsp3) is 0.571. The van der Waals surface area contributed by atoms with Crippen molar-refractivity contribution >= 4 is 23.5 Å². The van der Waals surface area contributed by atoms with Crippen LogP contribution in [0.3, 0.4) is 0 Å². The van der Waals surface area contributed by atoms with Crippen molar-refractivity contribution in [3.05, 3.63) is 36.0 Å². The molecule has 1 aromatic heterocycles. The lowest BCUT2D eigenvalue weighted by Gasteiger charge is -2.32. The highest BCUT2D eigenvalue weighted by atomic mass is 16.7. The first kappa shape index (κ1) is 18.0. The summed E-state index contributed by atoms with van der Waals surface area (Å²) in [6.45, 7) is 10.7. The smallest absolute Gasteiger partial charge is 0.399 e. The number of piperidine rings is 1. The predicted molar refractivity (Wildman–Crippen MR) is 107 cm³/mol. The minimum absolute atomic E-state index is 0.321. The molecule has 0 amide bonds. The maximum Gasteiger partial charge on any atom is 0.494 e. The summed E-state index contributed by atoms with van der Waals surface area (Å²) in [5.41, 5.74) is 2.77. The first-order valence-corrected chi connectivity index (χ1v) is 9.69. The van der Waals surface area contributed by atoms with Gasteiger partial charge in [-0.2, -0.15) is 0 Å². The molecule has 2 aromatic rings. The van der Waals surface area contributed by atoms with Gasteiger partial charge in [-0.1, -0.05) is 12.1 Å². The number of benzene rings is 1. The van der Waals surface area contributed by atoms with Crippen molar-refractivity contribution in [2.45, 2.75) is 57.7 Å². The van der Waals surface area contributed by atoms with Crippen molar-refractivity contribution in [2.24, 2.45) is 0 Å². The summed E-state index contributed by atoms with van der Waals surface area (Å²) in [6, 6.07) is 8.69. The molecule has 0 unspecified atom stereocenters. The number of pyridine rings is 1. The van der Waals surface area contributed by atoms with Gasteiger partial charge in [0.2, 0.25) is 0 Å². The summed E-state index contributed by atoms with van der Waals surface area (Å²) in [5.74, 6) is 0.630. The third-order valence-electron chi connectivity index (χ3n) is 6.44. The predicted octanol–water partition coefficient (Wildman–Crippen LogP) is 3.34. The van der Waals surface area contributed by atoms with Crippen LogP contribution in [-0.4, -0.2) is 48.3 Å². The van der Waals surface area contributed by atoms with E-state index in [1.807, 2.05) is 0 Å². The van der Waals surface area contributed by atoms with E-state index in [1.165, 1.54) is 36.9 Å². The lowest BCUT2D eigenvalue weighted by atomic mass is 9.78. The summed E-state index contributed by atoms with van der Waals surface area (Å²) >= 11 is 0. The molecule has 2 saturated heterocycles. The molecular formula is C21H29BN2O2. The zero-order valence-corrected chi connectivity index (χ0v) is 16.6. The molecule has 0 aliphatic carbocycles. The van der Waals surface area contributed by atoms with Gasteiger partial charge in [0.1, 0.15) is 0 Å².